The van der Waals surface area contributed by atoms with Crippen LogP contribution in [0.25, 0.3) is 6.08 Å². The number of carbonyl (C=O) groups excluding carboxylic acids is 3. The van der Waals surface area contributed by atoms with Crippen LogP contribution in [-0.2, 0) is 9.59 Å². The van der Waals surface area contributed by atoms with Crippen LogP contribution in [0.2, 0.25) is 0 Å². The molecule has 8 heteroatoms. The lowest BCUT2D eigenvalue weighted by molar-refractivity contribution is -0.160. The molecule has 34 heavy (non-hydrogen) atoms. The maximum Gasteiger partial charge on any atom is 0.282 e. The van der Waals surface area contributed by atoms with Crippen LogP contribution in [0.4, 0.5) is 0 Å². The maximum absolute atomic E-state index is 13.5. The van der Waals surface area contributed by atoms with Gasteiger partial charge in [-0.25, -0.2) is 15.5 Å². The molecule has 184 valence electrons. The Morgan fingerprint density at radius 2 is 1.74 bits per heavy atom. The van der Waals surface area contributed by atoms with E-state index >= 15 is 0 Å². The zero-order valence-electron chi connectivity index (χ0n) is 20.3. The third kappa shape index (κ3) is 8.11. The fourth-order valence-electron chi connectivity index (χ4n) is 3.44. The zero-order valence-corrected chi connectivity index (χ0v) is 21.1. The van der Waals surface area contributed by atoms with Crippen molar-refractivity contribution in [2.75, 3.05) is 6.54 Å². The molecule has 0 aliphatic heterocycles. The molecule has 0 bridgehead atoms. The lowest BCUT2D eigenvalue weighted by Gasteiger charge is -2.40. The summed E-state index contributed by atoms with van der Waals surface area (Å²) < 4.78 is 0. The van der Waals surface area contributed by atoms with Crippen molar-refractivity contribution < 1.29 is 19.6 Å². The first-order valence-corrected chi connectivity index (χ1v) is 12.4. The Morgan fingerprint density at radius 1 is 1.03 bits per heavy atom. The Hall–Kier alpha value is -2.97. The highest BCUT2D eigenvalue weighted by Crippen LogP contribution is 2.21. The number of amides is 3. The van der Waals surface area contributed by atoms with Gasteiger partial charge in [-0.2, -0.15) is 0 Å². The van der Waals surface area contributed by atoms with Gasteiger partial charge in [-0.15, -0.1) is 11.3 Å². The van der Waals surface area contributed by atoms with Gasteiger partial charge in [-0.3, -0.25) is 19.6 Å². The minimum atomic E-state index is -1.09. The van der Waals surface area contributed by atoms with Crippen LogP contribution in [-0.4, -0.2) is 45.5 Å². The number of nitrogens with zero attached hydrogens (tertiary/aromatic N) is 2. The highest BCUT2D eigenvalue weighted by Gasteiger charge is 2.37. The quantitative estimate of drug-likeness (QED) is 0.346. The average Bonchev–Trinajstić information content (AvgIpc) is 3.35. The number of thiophene rings is 1. The lowest BCUT2D eigenvalue weighted by atomic mass is 10.1. The first-order valence-electron chi connectivity index (χ1n) is 11.6. The highest BCUT2D eigenvalue weighted by molar-refractivity contribution is 7.12. The molecule has 1 aromatic heterocycles. The molecule has 0 fully saturated rings. The molecule has 0 aliphatic rings. The summed E-state index contributed by atoms with van der Waals surface area (Å²) in [6, 6.07) is 12.0. The van der Waals surface area contributed by atoms with Crippen molar-refractivity contribution in [1.82, 2.24) is 15.5 Å². The van der Waals surface area contributed by atoms with E-state index in [0.717, 1.165) is 5.56 Å². The minimum Gasteiger partial charge on any atom is -0.289 e. The van der Waals surface area contributed by atoms with Crippen LogP contribution in [0.15, 0.2) is 53.9 Å². The van der Waals surface area contributed by atoms with Gasteiger partial charge in [-0.05, 0) is 41.7 Å². The molecule has 1 atom stereocenters. The molecule has 0 saturated carbocycles. The fraction of sp³-hybridized carbons (Fsp3) is 0.423. The van der Waals surface area contributed by atoms with E-state index < -0.39 is 11.9 Å². The topological polar surface area (TPSA) is 89.9 Å². The summed E-state index contributed by atoms with van der Waals surface area (Å²) in [5, 5.41) is 13.9. The van der Waals surface area contributed by atoms with Crippen molar-refractivity contribution >= 4 is 35.1 Å². The third-order valence-electron chi connectivity index (χ3n) is 5.13. The van der Waals surface area contributed by atoms with E-state index in [2.05, 4.69) is 0 Å². The molecule has 1 aromatic carbocycles. The summed E-state index contributed by atoms with van der Waals surface area (Å²) in [6.07, 6.45) is 4.55. The summed E-state index contributed by atoms with van der Waals surface area (Å²) in [4.78, 5) is 40.2. The first kappa shape index (κ1) is 27.3. The predicted octanol–water partition coefficient (Wildman–Crippen LogP) is 5.00. The number of hydrogen-bond donors (Lipinski definition) is 2. The van der Waals surface area contributed by atoms with Crippen LogP contribution < -0.4 is 5.48 Å². The van der Waals surface area contributed by atoms with E-state index in [1.165, 1.54) is 21.4 Å². The van der Waals surface area contributed by atoms with Gasteiger partial charge in [0.25, 0.3) is 11.8 Å². The molecule has 0 radical (unpaired) electrons. The first-order chi connectivity index (χ1) is 16.2. The van der Waals surface area contributed by atoms with Gasteiger partial charge >= 0.3 is 0 Å². The number of nitrogens with one attached hydrogen (secondary N) is 1. The summed E-state index contributed by atoms with van der Waals surface area (Å²) in [5.74, 6) is -1.10. The molecule has 0 saturated heterocycles. The molecule has 2 N–H and O–H groups in total. The van der Waals surface area contributed by atoms with Crippen molar-refractivity contribution in [2.45, 2.75) is 53.0 Å². The second kappa shape index (κ2) is 13.7. The van der Waals surface area contributed by atoms with E-state index in [-0.39, 0.29) is 43.0 Å². The molecule has 2 rings (SSSR count). The van der Waals surface area contributed by atoms with E-state index in [1.807, 2.05) is 64.1 Å². The van der Waals surface area contributed by atoms with Crippen molar-refractivity contribution in [3.8, 4) is 0 Å². The third-order valence-corrected chi connectivity index (χ3v) is 5.99. The number of benzene rings is 1. The fourth-order valence-corrected chi connectivity index (χ4v) is 4.10. The van der Waals surface area contributed by atoms with Crippen LogP contribution in [0.3, 0.4) is 0 Å². The molecule has 2 aromatic rings. The largest absolute Gasteiger partial charge is 0.289 e. The SMILES string of the molecule is CC(C)CCC(=O)N([C@@H](CC=Cc1ccccc1)C(=O)NO)N(CC(C)C)C(=O)c1cccs1. The molecule has 0 spiro atoms. The van der Waals surface area contributed by atoms with Gasteiger partial charge in [0, 0.05) is 13.0 Å². The van der Waals surface area contributed by atoms with Gasteiger partial charge in [0.1, 0.15) is 6.04 Å². The summed E-state index contributed by atoms with van der Waals surface area (Å²) >= 11 is 1.28. The van der Waals surface area contributed by atoms with E-state index in [9.17, 15) is 19.6 Å². The standard InChI is InChI=1S/C26H35N3O4S/c1-19(2)15-16-24(30)29(28(18-20(3)4)26(32)23-14-9-17-34-23)22(25(31)27-33)13-8-12-21-10-6-5-7-11-21/h5-12,14,17,19-20,22,33H,13,15-16,18H2,1-4H3,(H,27,31)/t22-/m0/s1. The number of hydroxylamine groups is 1. The Bertz CT molecular complexity index is 942. The van der Waals surface area contributed by atoms with Gasteiger partial charge in [0.15, 0.2) is 0 Å². The summed E-state index contributed by atoms with van der Waals surface area (Å²) in [7, 11) is 0. The monoisotopic (exact) mass is 485 g/mol. The number of rotatable bonds is 11. The maximum atomic E-state index is 13.5. The lowest BCUT2D eigenvalue weighted by Crippen LogP contribution is -2.59. The van der Waals surface area contributed by atoms with E-state index in [1.54, 1.807) is 29.1 Å². The Morgan fingerprint density at radius 3 is 2.29 bits per heavy atom. The van der Waals surface area contributed by atoms with Crippen LogP contribution in [0.1, 0.15) is 62.2 Å². The van der Waals surface area contributed by atoms with E-state index in [0.29, 0.717) is 11.3 Å². The van der Waals surface area contributed by atoms with Crippen LogP contribution >= 0.6 is 11.3 Å². The molecule has 1 heterocycles. The van der Waals surface area contributed by atoms with Crippen molar-refractivity contribution in [3.63, 3.8) is 0 Å². The van der Waals surface area contributed by atoms with Gasteiger partial charge < -0.3 is 0 Å². The molecular weight excluding hydrogens is 450 g/mol. The van der Waals surface area contributed by atoms with Crippen LogP contribution in [0.5, 0.6) is 0 Å². The van der Waals surface area contributed by atoms with Crippen LogP contribution in [0, 0.1) is 11.8 Å². The number of hydrogen-bond acceptors (Lipinski definition) is 5. The highest BCUT2D eigenvalue weighted by atomic mass is 32.1. The zero-order chi connectivity index (χ0) is 25.1. The van der Waals surface area contributed by atoms with Crippen molar-refractivity contribution in [3.05, 3.63) is 64.4 Å². The molecule has 7 nitrogen and oxygen atoms in total. The second-order valence-corrected chi connectivity index (χ2v) is 9.92. The molecule has 0 unspecified atom stereocenters. The second-order valence-electron chi connectivity index (χ2n) is 8.97. The normalized spacial score (nSPS) is 12.2. The average molecular weight is 486 g/mol. The molecule has 3 amide bonds. The molecule has 0 aliphatic carbocycles. The van der Waals surface area contributed by atoms with Gasteiger partial charge in [0.05, 0.1) is 4.88 Å². The predicted molar refractivity (Wildman–Crippen MR) is 135 cm³/mol. The Kier molecular flexibility index (Phi) is 11.0. The van der Waals surface area contributed by atoms with Crippen molar-refractivity contribution in [2.24, 2.45) is 11.8 Å². The van der Waals surface area contributed by atoms with E-state index in [4.69, 9.17) is 0 Å². The van der Waals surface area contributed by atoms with Gasteiger partial charge in [-0.1, -0.05) is 76.2 Å². The number of hydrazine groups is 1. The summed E-state index contributed by atoms with van der Waals surface area (Å²) in [5.41, 5.74) is 2.64. The molecular formula is C26H35N3O4S. The number of carbonyl (C=O) groups is 3. The Labute approximate surface area is 206 Å². The van der Waals surface area contributed by atoms with Gasteiger partial charge in [0.2, 0.25) is 5.91 Å². The summed E-state index contributed by atoms with van der Waals surface area (Å²) in [6.45, 7) is 8.17. The Balaban J connectivity index is 2.46. The van der Waals surface area contributed by atoms with Crippen molar-refractivity contribution in [1.29, 1.82) is 0 Å². The smallest absolute Gasteiger partial charge is 0.282 e. The minimum absolute atomic E-state index is 0.0435.